The number of hydrogen-bond acceptors (Lipinski definition) is 1. The standard InChI is InChI=1S/C29H39O.C29H29.C2H7Si.2ClH.Zr/c1-18-12-19-16-24(29(8,9)10)26(30-11)25(23(19)13-18)20-14-21(27(2,3)4)17-22(15-20)28(5,6)7;1-17-9-18(2)12-22(11-17)28-24-7-6-8-25(24)29(27-16-21(5)15-26(27)28)23-13-19(3)10-20(4)14-23;1-3-2;;;/h12-17H,1-11H3;9-16H,6-8H2,1-5H3;3H,1-2H3;2*1H;/q;;;;;+2/p-2. The molecule has 0 saturated carbocycles. The summed E-state index contributed by atoms with van der Waals surface area (Å²) in [5, 5.41) is 0. The maximum atomic E-state index is 9.24. The Balaban J connectivity index is 1.50. The Bertz CT molecular complexity index is 2800. The van der Waals surface area contributed by atoms with Gasteiger partial charge in [-0.25, -0.2) is 0 Å². The van der Waals surface area contributed by atoms with Crippen molar-refractivity contribution < 1.29 is 20.3 Å². The Morgan fingerprint density at radius 3 is 1.45 bits per heavy atom. The monoisotopic (exact) mass is 999 g/mol. The molecule has 5 heteroatoms. The van der Waals surface area contributed by atoms with Gasteiger partial charge in [-0.15, -0.1) is 0 Å². The first kappa shape index (κ1) is 48.5. The number of hydrogen-bond donors (Lipinski definition) is 0. The Morgan fingerprint density at radius 2 is 0.985 bits per heavy atom. The van der Waals surface area contributed by atoms with Gasteiger partial charge in [0.15, 0.2) is 0 Å². The molecule has 0 saturated heterocycles. The maximum absolute atomic E-state index is 9.24. The summed E-state index contributed by atoms with van der Waals surface area (Å²) >= 11 is -5.29. The summed E-state index contributed by atoms with van der Waals surface area (Å²) in [6.07, 6.45) is 8.33. The third-order valence-electron chi connectivity index (χ3n) is 15.4. The number of allylic oxidation sites excluding steroid dienone is 2. The van der Waals surface area contributed by atoms with E-state index in [1.807, 2.05) is 7.11 Å². The van der Waals surface area contributed by atoms with Crippen LogP contribution in [0.2, 0.25) is 13.1 Å². The van der Waals surface area contributed by atoms with E-state index in [1.54, 1.807) is 0 Å². The van der Waals surface area contributed by atoms with Crippen LogP contribution in [-0.4, -0.2) is 13.0 Å². The average Bonchev–Trinajstić information content (AvgIpc) is 3.89. The van der Waals surface area contributed by atoms with E-state index in [-0.39, 0.29) is 23.5 Å². The first-order valence-electron chi connectivity index (χ1n) is 24.3. The second-order valence-electron chi connectivity index (χ2n) is 24.0. The first-order chi connectivity index (χ1) is 30.1. The van der Waals surface area contributed by atoms with Gasteiger partial charge in [0.05, 0.1) is 0 Å². The Kier molecular flexibility index (Phi) is 12.2. The van der Waals surface area contributed by atoms with Crippen LogP contribution in [0.3, 0.4) is 0 Å². The van der Waals surface area contributed by atoms with Crippen molar-refractivity contribution >= 4 is 35.1 Å². The van der Waals surface area contributed by atoms with Gasteiger partial charge in [-0.05, 0) is 0 Å². The zero-order chi connectivity index (χ0) is 47.7. The third kappa shape index (κ3) is 8.01. The molecule has 5 aromatic rings. The van der Waals surface area contributed by atoms with Gasteiger partial charge >= 0.3 is 405 Å². The van der Waals surface area contributed by atoms with Crippen molar-refractivity contribution in [3.05, 3.63) is 144 Å². The van der Waals surface area contributed by atoms with Crippen LogP contribution in [0.25, 0.3) is 45.5 Å². The number of aryl methyl sites for hydroxylation is 4. The zero-order valence-electron chi connectivity index (χ0n) is 42.9. The summed E-state index contributed by atoms with van der Waals surface area (Å²) in [5.74, 6) is -0.920. The number of rotatable bonds is 7. The van der Waals surface area contributed by atoms with E-state index in [0.717, 1.165) is 25.0 Å². The fourth-order valence-electron chi connectivity index (χ4n) is 12.4. The SMILES string of the molecule is COc1c(C(C)(C)C)cc2c(c1-c1cc(C(C)(C)C)cc(C(C)(C)C)c1)C=C(C)[CH]2[Zr]([Cl])([Cl])([CH]1C(C)=Cc2c(-c3cc(C)cc(C)c3)c3c(c(-c4cc(C)cc(C)c4)c21)CCC3)[SiH](C)C. The number of methoxy groups -OCH3 is 1. The van der Waals surface area contributed by atoms with Crippen molar-refractivity contribution in [2.24, 2.45) is 0 Å². The van der Waals surface area contributed by atoms with Gasteiger partial charge in [0.25, 0.3) is 0 Å². The van der Waals surface area contributed by atoms with E-state index in [0.29, 0.717) is 0 Å². The Labute approximate surface area is 402 Å². The summed E-state index contributed by atoms with van der Waals surface area (Å²) in [4.78, 5) is 0. The summed E-state index contributed by atoms with van der Waals surface area (Å²) in [6, 6.07) is 24.1. The van der Waals surface area contributed by atoms with Crippen LogP contribution in [0.4, 0.5) is 0 Å². The van der Waals surface area contributed by atoms with Crippen molar-refractivity contribution in [3.63, 3.8) is 0 Å². The van der Waals surface area contributed by atoms with Crippen molar-refractivity contribution in [1.29, 1.82) is 0 Å². The molecule has 0 bridgehead atoms. The molecule has 2 atom stereocenters. The topological polar surface area (TPSA) is 9.23 Å². The molecule has 2 unspecified atom stereocenters. The number of ether oxygens (including phenoxy) is 1. The first-order valence-corrected chi connectivity index (χ1v) is 40.6. The van der Waals surface area contributed by atoms with E-state index < -0.39 is 21.5 Å². The molecule has 343 valence electrons. The zero-order valence-corrected chi connectivity index (χ0v) is 48.1. The molecule has 5 aromatic carbocycles. The van der Waals surface area contributed by atoms with Gasteiger partial charge < -0.3 is 0 Å². The second-order valence-corrected chi connectivity index (χ2v) is 66.6. The summed E-state index contributed by atoms with van der Waals surface area (Å²) in [6.45, 7) is 39.7. The molecule has 0 N–H and O–H groups in total. The van der Waals surface area contributed by atoms with Crippen LogP contribution < -0.4 is 4.74 Å². The van der Waals surface area contributed by atoms with Crippen molar-refractivity contribution in [3.8, 4) is 39.1 Å². The van der Waals surface area contributed by atoms with Crippen LogP contribution in [-0.2, 0) is 44.6 Å². The van der Waals surface area contributed by atoms with Crippen LogP contribution in [0.5, 0.6) is 5.75 Å². The van der Waals surface area contributed by atoms with Gasteiger partial charge in [0.1, 0.15) is 0 Å². The molecule has 0 aromatic heterocycles. The predicted octanol–water partition coefficient (Wildman–Crippen LogP) is 17.9. The van der Waals surface area contributed by atoms with E-state index in [1.165, 1.54) is 117 Å². The normalized spacial score (nSPS) is 18.0. The summed E-state index contributed by atoms with van der Waals surface area (Å²) in [7, 11) is 20.3. The second kappa shape index (κ2) is 16.4. The molecular formula is C60H75Cl2OSiZr. The van der Waals surface area contributed by atoms with Gasteiger partial charge in [-0.2, -0.15) is 0 Å². The van der Waals surface area contributed by atoms with E-state index in [2.05, 4.69) is 190 Å². The molecule has 0 aliphatic heterocycles. The van der Waals surface area contributed by atoms with E-state index >= 15 is 0 Å². The molecule has 8 rings (SSSR count). The molecule has 0 spiro atoms. The molecule has 3 aliphatic rings. The minimum absolute atomic E-state index is 0.0447. The van der Waals surface area contributed by atoms with Gasteiger partial charge in [0.2, 0.25) is 0 Å². The predicted molar refractivity (Wildman–Crippen MR) is 286 cm³/mol. The average molecular weight is 1000 g/mol. The van der Waals surface area contributed by atoms with Gasteiger partial charge in [-0.3, -0.25) is 0 Å². The Morgan fingerprint density at radius 1 is 0.538 bits per heavy atom. The number of benzene rings is 5. The third-order valence-corrected chi connectivity index (χ3v) is 67.7. The molecule has 0 heterocycles. The van der Waals surface area contributed by atoms with Crippen LogP contribution in [0.15, 0.2) is 71.8 Å². The van der Waals surface area contributed by atoms with Gasteiger partial charge in [-0.1, -0.05) is 0 Å². The minimum atomic E-state index is -5.29. The van der Waals surface area contributed by atoms with Crippen LogP contribution in [0, 0.1) is 27.7 Å². The summed E-state index contributed by atoms with van der Waals surface area (Å²) in [5.41, 5.74) is 27.6. The van der Waals surface area contributed by atoms with Crippen molar-refractivity contribution in [1.82, 2.24) is 0 Å². The fraction of sp³-hybridized carbons (Fsp3) is 0.433. The molecule has 65 heavy (non-hydrogen) atoms. The quantitative estimate of drug-likeness (QED) is 0.148. The molecule has 0 radical (unpaired) electrons. The van der Waals surface area contributed by atoms with Crippen molar-refractivity contribution in [2.45, 2.75) is 160 Å². The van der Waals surface area contributed by atoms with Gasteiger partial charge in [0, 0.05) is 0 Å². The van der Waals surface area contributed by atoms with E-state index in [4.69, 9.17) is 4.74 Å². The Hall–Kier alpha value is -2.94. The molecule has 0 amide bonds. The van der Waals surface area contributed by atoms with Crippen molar-refractivity contribution in [2.75, 3.05) is 7.11 Å². The molecule has 1 nitrogen and oxygen atoms in total. The van der Waals surface area contributed by atoms with Crippen LogP contribution in [0.1, 0.15) is 162 Å². The van der Waals surface area contributed by atoms with Crippen LogP contribution >= 0.6 is 17.0 Å². The number of halogens is 2. The summed E-state index contributed by atoms with van der Waals surface area (Å²) < 4.78 is 6.53. The molecule has 0 fully saturated rings. The molecule has 3 aliphatic carbocycles. The number of fused-ring (bicyclic) bond motifs is 3. The molecular weight excluding hydrogens is 927 g/mol. The van der Waals surface area contributed by atoms with E-state index in [9.17, 15) is 17.0 Å². The fourth-order valence-corrected chi connectivity index (χ4v) is 45.1.